The van der Waals surface area contributed by atoms with Gasteiger partial charge in [0.25, 0.3) is 0 Å². The summed E-state index contributed by atoms with van der Waals surface area (Å²) in [5.41, 5.74) is 7.61. The fraction of sp³-hybridized carbons (Fsp3) is 0.200. The lowest BCUT2D eigenvalue weighted by atomic mass is 9.78. The van der Waals surface area contributed by atoms with Crippen LogP contribution in [0, 0.1) is 0 Å². The normalized spacial score (nSPS) is 12.4. The molecule has 31 heavy (non-hydrogen) atoms. The van der Waals surface area contributed by atoms with Gasteiger partial charge in [-0.15, -0.1) is 0 Å². The van der Waals surface area contributed by atoms with Crippen molar-refractivity contribution in [3.63, 3.8) is 0 Å². The molecule has 156 valence electrons. The van der Waals surface area contributed by atoms with Crippen LogP contribution in [0.5, 0.6) is 0 Å². The number of hydrogen-bond acceptors (Lipinski definition) is 1. The first-order valence-electron chi connectivity index (χ1n) is 11.1. The van der Waals surface area contributed by atoms with Crippen molar-refractivity contribution in [2.45, 2.75) is 38.5 Å². The summed E-state index contributed by atoms with van der Waals surface area (Å²) in [5, 5.41) is 3.53. The van der Waals surface area contributed by atoms with Crippen LogP contribution in [0.1, 0.15) is 48.9 Å². The SMILES string of the molecule is C[C@H](Cc1ccc(Nc2ccc(C(C)(C)c3ccccc3)cc2)cc1)c1ccccc1. The molecule has 0 saturated carbocycles. The summed E-state index contributed by atoms with van der Waals surface area (Å²) in [6.07, 6.45) is 1.05. The Labute approximate surface area is 186 Å². The molecule has 0 aliphatic rings. The van der Waals surface area contributed by atoms with Crippen LogP contribution in [0.15, 0.2) is 109 Å². The fourth-order valence-corrected chi connectivity index (χ4v) is 4.14. The van der Waals surface area contributed by atoms with Crippen molar-refractivity contribution in [2.24, 2.45) is 0 Å². The first kappa shape index (κ1) is 20.9. The van der Waals surface area contributed by atoms with Gasteiger partial charge < -0.3 is 5.32 Å². The molecule has 1 heteroatoms. The molecule has 4 aromatic rings. The zero-order chi connectivity index (χ0) is 21.7. The summed E-state index contributed by atoms with van der Waals surface area (Å²) in [6, 6.07) is 39.0. The van der Waals surface area contributed by atoms with E-state index in [4.69, 9.17) is 0 Å². The summed E-state index contributed by atoms with van der Waals surface area (Å²) >= 11 is 0. The first-order chi connectivity index (χ1) is 15.0. The molecule has 0 saturated heterocycles. The molecule has 0 amide bonds. The fourth-order valence-electron chi connectivity index (χ4n) is 4.14. The average molecular weight is 406 g/mol. The van der Waals surface area contributed by atoms with Crippen LogP contribution in [0.4, 0.5) is 11.4 Å². The van der Waals surface area contributed by atoms with Gasteiger partial charge in [-0.25, -0.2) is 0 Å². The van der Waals surface area contributed by atoms with Crippen LogP contribution >= 0.6 is 0 Å². The second kappa shape index (κ2) is 9.22. The maximum Gasteiger partial charge on any atom is 0.0384 e. The molecule has 0 bridgehead atoms. The zero-order valence-electron chi connectivity index (χ0n) is 18.7. The van der Waals surface area contributed by atoms with Gasteiger partial charge in [0.05, 0.1) is 0 Å². The molecule has 0 fully saturated rings. The van der Waals surface area contributed by atoms with Gasteiger partial charge in [-0.1, -0.05) is 106 Å². The Balaban J connectivity index is 1.40. The van der Waals surface area contributed by atoms with E-state index in [-0.39, 0.29) is 5.41 Å². The van der Waals surface area contributed by atoms with Gasteiger partial charge in [0.15, 0.2) is 0 Å². The van der Waals surface area contributed by atoms with E-state index >= 15 is 0 Å². The lowest BCUT2D eigenvalue weighted by Crippen LogP contribution is -2.18. The number of benzene rings is 4. The van der Waals surface area contributed by atoms with Gasteiger partial charge in [-0.2, -0.15) is 0 Å². The average Bonchev–Trinajstić information content (AvgIpc) is 2.82. The summed E-state index contributed by atoms with van der Waals surface area (Å²) in [7, 11) is 0. The summed E-state index contributed by atoms with van der Waals surface area (Å²) in [6.45, 7) is 6.85. The number of rotatable bonds is 7. The van der Waals surface area contributed by atoms with Gasteiger partial charge in [0.2, 0.25) is 0 Å². The Kier molecular flexibility index (Phi) is 6.23. The summed E-state index contributed by atoms with van der Waals surface area (Å²) in [5.74, 6) is 0.514. The van der Waals surface area contributed by atoms with Crippen LogP contribution < -0.4 is 5.32 Å². The van der Waals surface area contributed by atoms with Gasteiger partial charge in [0, 0.05) is 16.8 Å². The molecule has 0 heterocycles. The van der Waals surface area contributed by atoms with Crippen molar-refractivity contribution >= 4 is 11.4 Å². The molecule has 0 unspecified atom stereocenters. The highest BCUT2D eigenvalue weighted by molar-refractivity contribution is 5.60. The molecule has 1 atom stereocenters. The van der Waals surface area contributed by atoms with E-state index in [1.807, 2.05) is 0 Å². The number of hydrogen-bond donors (Lipinski definition) is 1. The molecule has 0 aliphatic heterocycles. The third-order valence-electron chi connectivity index (χ3n) is 6.26. The maximum absolute atomic E-state index is 3.53. The van der Waals surface area contributed by atoms with Crippen molar-refractivity contribution in [1.82, 2.24) is 0 Å². The molecule has 0 aliphatic carbocycles. The lowest BCUT2D eigenvalue weighted by molar-refractivity contribution is 0.641. The maximum atomic E-state index is 3.53. The Morgan fingerprint density at radius 1 is 0.613 bits per heavy atom. The molecular weight excluding hydrogens is 374 g/mol. The van der Waals surface area contributed by atoms with Crippen molar-refractivity contribution in [2.75, 3.05) is 5.32 Å². The Morgan fingerprint density at radius 2 is 1.10 bits per heavy atom. The molecular formula is C30H31N. The van der Waals surface area contributed by atoms with Gasteiger partial charge in [-0.3, -0.25) is 0 Å². The predicted octanol–water partition coefficient (Wildman–Crippen LogP) is 8.10. The van der Waals surface area contributed by atoms with Gasteiger partial charge in [0.1, 0.15) is 0 Å². The summed E-state index contributed by atoms with van der Waals surface area (Å²) < 4.78 is 0. The van der Waals surface area contributed by atoms with Crippen LogP contribution in [0.3, 0.4) is 0 Å². The predicted molar refractivity (Wildman–Crippen MR) is 133 cm³/mol. The first-order valence-corrected chi connectivity index (χ1v) is 11.1. The Morgan fingerprint density at radius 3 is 1.68 bits per heavy atom. The quantitative estimate of drug-likeness (QED) is 0.327. The molecule has 4 aromatic carbocycles. The topological polar surface area (TPSA) is 12.0 Å². The highest BCUT2D eigenvalue weighted by atomic mass is 14.9. The highest BCUT2D eigenvalue weighted by Crippen LogP contribution is 2.32. The second-order valence-corrected chi connectivity index (χ2v) is 8.91. The minimum atomic E-state index is -0.0170. The van der Waals surface area contributed by atoms with E-state index in [1.54, 1.807) is 0 Å². The van der Waals surface area contributed by atoms with Gasteiger partial charge >= 0.3 is 0 Å². The van der Waals surface area contributed by atoms with Crippen LogP contribution in [0.25, 0.3) is 0 Å². The smallest absolute Gasteiger partial charge is 0.0384 e. The van der Waals surface area contributed by atoms with E-state index in [1.165, 1.54) is 22.3 Å². The molecule has 0 radical (unpaired) electrons. The van der Waals surface area contributed by atoms with E-state index in [9.17, 15) is 0 Å². The Bertz CT molecular complexity index is 1080. The molecule has 4 rings (SSSR count). The molecule has 0 spiro atoms. The van der Waals surface area contributed by atoms with Crippen LogP contribution in [0.2, 0.25) is 0 Å². The molecule has 1 nitrogen and oxygen atoms in total. The number of anilines is 2. The second-order valence-electron chi connectivity index (χ2n) is 8.91. The van der Waals surface area contributed by atoms with E-state index in [2.05, 4.69) is 135 Å². The highest BCUT2D eigenvalue weighted by Gasteiger charge is 2.22. The van der Waals surface area contributed by atoms with Crippen LogP contribution in [-0.2, 0) is 11.8 Å². The largest absolute Gasteiger partial charge is 0.356 e. The molecule has 1 N–H and O–H groups in total. The Hall–Kier alpha value is -3.32. The number of nitrogens with one attached hydrogen (secondary N) is 1. The summed E-state index contributed by atoms with van der Waals surface area (Å²) in [4.78, 5) is 0. The zero-order valence-corrected chi connectivity index (χ0v) is 18.7. The lowest BCUT2D eigenvalue weighted by Gasteiger charge is -2.26. The standard InChI is InChI=1S/C30H31N/c1-23(25-10-6-4-7-11-25)22-24-14-18-28(19-15-24)31-29-20-16-27(17-21-29)30(2,3)26-12-8-5-9-13-26/h4-21,23,31H,22H2,1-3H3/t23-/m1/s1. The van der Waals surface area contributed by atoms with E-state index < -0.39 is 0 Å². The van der Waals surface area contributed by atoms with Crippen molar-refractivity contribution in [3.8, 4) is 0 Å². The minimum absolute atomic E-state index is 0.0170. The van der Waals surface area contributed by atoms with E-state index in [0.717, 1.165) is 17.8 Å². The monoisotopic (exact) mass is 405 g/mol. The van der Waals surface area contributed by atoms with Crippen LogP contribution in [-0.4, -0.2) is 0 Å². The third kappa shape index (κ3) is 5.06. The molecule has 0 aromatic heterocycles. The van der Waals surface area contributed by atoms with E-state index in [0.29, 0.717) is 5.92 Å². The van der Waals surface area contributed by atoms with Crippen molar-refractivity contribution in [1.29, 1.82) is 0 Å². The minimum Gasteiger partial charge on any atom is -0.356 e. The third-order valence-corrected chi connectivity index (χ3v) is 6.26. The van der Waals surface area contributed by atoms with Gasteiger partial charge in [-0.05, 0) is 58.9 Å². The van der Waals surface area contributed by atoms with Crippen molar-refractivity contribution < 1.29 is 0 Å². The van der Waals surface area contributed by atoms with Crippen molar-refractivity contribution in [3.05, 3.63) is 131 Å².